The van der Waals surface area contributed by atoms with Gasteiger partial charge in [-0.15, -0.1) is 24.0 Å². The van der Waals surface area contributed by atoms with Crippen molar-refractivity contribution in [2.45, 2.75) is 19.9 Å². The van der Waals surface area contributed by atoms with Gasteiger partial charge in [0.2, 0.25) is 11.7 Å². The molecule has 30 heavy (non-hydrogen) atoms. The summed E-state index contributed by atoms with van der Waals surface area (Å²) in [6, 6.07) is 13.5. The highest BCUT2D eigenvalue weighted by atomic mass is 127. The number of benzene rings is 2. The van der Waals surface area contributed by atoms with E-state index < -0.39 is 0 Å². The maximum absolute atomic E-state index is 5.91. The second kappa shape index (κ2) is 11.8. The van der Waals surface area contributed by atoms with Crippen LogP contribution in [0.25, 0.3) is 11.4 Å². The van der Waals surface area contributed by atoms with Gasteiger partial charge < -0.3 is 19.9 Å². The van der Waals surface area contributed by atoms with Gasteiger partial charge in [0, 0.05) is 24.2 Å². The highest BCUT2D eigenvalue weighted by molar-refractivity contribution is 14.0. The Morgan fingerprint density at radius 3 is 2.63 bits per heavy atom. The first kappa shape index (κ1) is 23.9. The minimum Gasteiger partial charge on any atom is -0.496 e. The van der Waals surface area contributed by atoms with E-state index in [1.165, 1.54) is 5.56 Å². The third kappa shape index (κ3) is 6.60. The SMILES string of the molecule is CN=C(NCCc1cc(C)ccc1OC)NCc1nc(-c2ccc(Cl)cc2)no1.I. The quantitative estimate of drug-likeness (QED) is 0.265. The van der Waals surface area contributed by atoms with Gasteiger partial charge in [-0.2, -0.15) is 4.98 Å². The Kier molecular flexibility index (Phi) is 9.38. The fourth-order valence-corrected chi connectivity index (χ4v) is 2.97. The molecule has 0 atom stereocenters. The first-order valence-corrected chi connectivity index (χ1v) is 9.63. The van der Waals surface area contributed by atoms with E-state index in [2.05, 4.69) is 38.8 Å². The maximum Gasteiger partial charge on any atom is 0.246 e. The molecule has 0 fully saturated rings. The molecule has 0 bridgehead atoms. The van der Waals surface area contributed by atoms with Crippen molar-refractivity contribution < 1.29 is 9.26 Å². The Hall–Kier alpha value is -2.33. The van der Waals surface area contributed by atoms with Gasteiger partial charge in [0.05, 0.1) is 13.7 Å². The number of methoxy groups -OCH3 is 1. The monoisotopic (exact) mass is 541 g/mol. The van der Waals surface area contributed by atoms with Crippen LogP contribution in [0.1, 0.15) is 17.0 Å². The highest BCUT2D eigenvalue weighted by Gasteiger charge is 2.09. The van der Waals surface area contributed by atoms with E-state index in [1.54, 1.807) is 26.3 Å². The smallest absolute Gasteiger partial charge is 0.246 e. The van der Waals surface area contributed by atoms with Crippen LogP contribution in [0, 0.1) is 6.92 Å². The number of nitrogens with zero attached hydrogens (tertiary/aromatic N) is 3. The molecule has 2 N–H and O–H groups in total. The van der Waals surface area contributed by atoms with Crippen LogP contribution in [0.2, 0.25) is 5.02 Å². The zero-order chi connectivity index (χ0) is 20.6. The molecule has 0 radical (unpaired) electrons. The fourth-order valence-electron chi connectivity index (χ4n) is 2.84. The molecule has 0 aliphatic carbocycles. The number of rotatable bonds is 7. The third-order valence-corrected chi connectivity index (χ3v) is 4.58. The maximum atomic E-state index is 5.91. The summed E-state index contributed by atoms with van der Waals surface area (Å²) in [6.45, 7) is 3.15. The van der Waals surface area contributed by atoms with Crippen molar-refractivity contribution in [3.8, 4) is 17.1 Å². The van der Waals surface area contributed by atoms with Gasteiger partial charge in [0.15, 0.2) is 5.96 Å². The van der Waals surface area contributed by atoms with E-state index in [1.807, 2.05) is 24.3 Å². The molecule has 0 aliphatic heterocycles. The van der Waals surface area contributed by atoms with Crippen LogP contribution < -0.4 is 15.4 Å². The molecule has 160 valence electrons. The van der Waals surface area contributed by atoms with Gasteiger partial charge in [0.1, 0.15) is 5.75 Å². The lowest BCUT2D eigenvalue weighted by atomic mass is 10.1. The Morgan fingerprint density at radius 1 is 1.17 bits per heavy atom. The molecule has 9 heteroatoms. The number of ether oxygens (including phenoxy) is 1. The normalized spacial score (nSPS) is 11.0. The molecule has 3 rings (SSSR count). The highest BCUT2D eigenvalue weighted by Crippen LogP contribution is 2.20. The zero-order valence-electron chi connectivity index (χ0n) is 17.1. The molecule has 3 aromatic rings. The van der Waals surface area contributed by atoms with Gasteiger partial charge in [-0.05, 0) is 49.2 Å². The summed E-state index contributed by atoms with van der Waals surface area (Å²) in [5, 5.41) is 11.1. The molecule has 7 nitrogen and oxygen atoms in total. The van der Waals surface area contributed by atoms with Gasteiger partial charge >= 0.3 is 0 Å². The molecule has 1 aromatic heterocycles. The molecule has 0 amide bonds. The van der Waals surface area contributed by atoms with Gasteiger partial charge in [-0.3, -0.25) is 4.99 Å². The molecule has 0 unspecified atom stereocenters. The van der Waals surface area contributed by atoms with Crippen molar-refractivity contribution in [1.82, 2.24) is 20.8 Å². The van der Waals surface area contributed by atoms with Gasteiger partial charge in [-0.1, -0.05) is 34.5 Å². The van der Waals surface area contributed by atoms with E-state index in [-0.39, 0.29) is 24.0 Å². The van der Waals surface area contributed by atoms with Gasteiger partial charge in [0.25, 0.3) is 0 Å². The van der Waals surface area contributed by atoms with Crippen molar-refractivity contribution in [2.75, 3.05) is 20.7 Å². The van der Waals surface area contributed by atoms with Crippen molar-refractivity contribution in [3.63, 3.8) is 0 Å². The minimum absolute atomic E-state index is 0. The predicted octanol–water partition coefficient (Wildman–Crippen LogP) is 4.23. The van der Waals surface area contributed by atoms with Crippen LogP contribution in [-0.2, 0) is 13.0 Å². The molecular formula is C21H25ClIN5O2. The number of hydrogen-bond acceptors (Lipinski definition) is 5. The third-order valence-electron chi connectivity index (χ3n) is 4.32. The first-order valence-electron chi connectivity index (χ1n) is 9.25. The lowest BCUT2D eigenvalue weighted by Gasteiger charge is -2.12. The van der Waals surface area contributed by atoms with Gasteiger partial charge in [-0.25, -0.2) is 0 Å². The molecule has 0 saturated heterocycles. The summed E-state index contributed by atoms with van der Waals surface area (Å²) in [7, 11) is 3.40. The molecule has 0 spiro atoms. The Labute approximate surface area is 198 Å². The van der Waals surface area contributed by atoms with Crippen LogP contribution in [0.5, 0.6) is 5.75 Å². The number of guanidine groups is 1. The average Bonchev–Trinajstić information content (AvgIpc) is 3.20. The number of aliphatic imine (C=N–C) groups is 1. The fraction of sp³-hybridized carbons (Fsp3) is 0.286. The van der Waals surface area contributed by atoms with Crippen LogP contribution in [0.4, 0.5) is 0 Å². The van der Waals surface area contributed by atoms with Crippen LogP contribution in [0.3, 0.4) is 0 Å². The van der Waals surface area contributed by atoms with Crippen molar-refractivity contribution in [3.05, 3.63) is 64.5 Å². The number of nitrogens with one attached hydrogen (secondary N) is 2. The number of aromatic nitrogens is 2. The average molecular weight is 542 g/mol. The minimum atomic E-state index is 0. The van der Waals surface area contributed by atoms with E-state index >= 15 is 0 Å². The van der Waals surface area contributed by atoms with Crippen molar-refractivity contribution >= 4 is 41.5 Å². The molecule has 0 aliphatic rings. The van der Waals surface area contributed by atoms with Crippen LogP contribution >= 0.6 is 35.6 Å². The Bertz CT molecular complexity index is 976. The number of halogens is 2. The second-order valence-corrected chi connectivity index (χ2v) is 6.87. The van der Waals surface area contributed by atoms with E-state index in [9.17, 15) is 0 Å². The number of aryl methyl sites for hydroxylation is 1. The van der Waals surface area contributed by atoms with Crippen LogP contribution in [-0.4, -0.2) is 36.8 Å². The summed E-state index contributed by atoms with van der Waals surface area (Å²) in [4.78, 5) is 8.62. The lowest BCUT2D eigenvalue weighted by molar-refractivity contribution is 0.375. The Balaban J connectivity index is 0.00000320. The predicted molar refractivity (Wildman–Crippen MR) is 130 cm³/mol. The summed E-state index contributed by atoms with van der Waals surface area (Å²) >= 11 is 5.91. The van der Waals surface area contributed by atoms with Crippen molar-refractivity contribution in [2.24, 2.45) is 4.99 Å². The largest absolute Gasteiger partial charge is 0.496 e. The first-order chi connectivity index (χ1) is 14.1. The summed E-state index contributed by atoms with van der Waals surface area (Å²) in [6.07, 6.45) is 0.812. The standard InChI is InChI=1S/C21H24ClN5O2.HI/c1-14-4-9-18(28-3)16(12-14)10-11-24-21(23-2)25-13-19-26-20(27-29-19)15-5-7-17(22)8-6-15;/h4-9,12H,10-11,13H2,1-3H3,(H2,23,24,25);1H. The zero-order valence-corrected chi connectivity index (χ0v) is 20.2. The topological polar surface area (TPSA) is 84.6 Å². The molecule has 0 saturated carbocycles. The van der Waals surface area contributed by atoms with E-state index in [0.717, 1.165) is 23.3 Å². The second-order valence-electron chi connectivity index (χ2n) is 6.44. The lowest BCUT2D eigenvalue weighted by Crippen LogP contribution is -2.38. The molecule has 1 heterocycles. The summed E-state index contributed by atoms with van der Waals surface area (Å²) in [5.41, 5.74) is 3.20. The van der Waals surface area contributed by atoms with Crippen molar-refractivity contribution in [1.29, 1.82) is 0 Å². The summed E-state index contributed by atoms with van der Waals surface area (Å²) in [5.74, 6) is 2.54. The number of hydrogen-bond donors (Lipinski definition) is 2. The summed E-state index contributed by atoms with van der Waals surface area (Å²) < 4.78 is 10.7. The van der Waals surface area contributed by atoms with Crippen LogP contribution in [0.15, 0.2) is 52.0 Å². The van der Waals surface area contributed by atoms with E-state index in [4.69, 9.17) is 20.9 Å². The Morgan fingerprint density at radius 2 is 1.93 bits per heavy atom. The van der Waals surface area contributed by atoms with E-state index in [0.29, 0.717) is 35.8 Å². The molecular weight excluding hydrogens is 517 g/mol. The molecule has 2 aromatic carbocycles.